The van der Waals surface area contributed by atoms with Crippen molar-refractivity contribution in [3.8, 4) is 11.8 Å². The maximum Gasteiger partial charge on any atom is 0.228 e. The summed E-state index contributed by atoms with van der Waals surface area (Å²) in [7, 11) is 0. The Balaban J connectivity index is 1.64. The maximum absolute atomic E-state index is 12.1. The largest absolute Gasteiger partial charge is 0.384 e. The molecule has 2 fully saturated rings. The van der Waals surface area contributed by atoms with Crippen LogP contribution in [-0.4, -0.2) is 22.6 Å². The summed E-state index contributed by atoms with van der Waals surface area (Å²) in [5, 5.41) is 11.5. The van der Waals surface area contributed by atoms with Crippen molar-refractivity contribution in [3.05, 3.63) is 23.9 Å². The van der Waals surface area contributed by atoms with Gasteiger partial charge in [-0.2, -0.15) is 0 Å². The topological polar surface area (TPSA) is 62.2 Å². The summed E-state index contributed by atoms with van der Waals surface area (Å²) in [6.45, 7) is -0.191. The van der Waals surface area contributed by atoms with Gasteiger partial charge in [-0.15, -0.1) is 0 Å². The van der Waals surface area contributed by atoms with Crippen LogP contribution in [0.15, 0.2) is 18.2 Å². The number of hydrogen-bond acceptors (Lipinski definition) is 3. The van der Waals surface area contributed by atoms with E-state index in [0.29, 0.717) is 11.5 Å². The van der Waals surface area contributed by atoms with Crippen molar-refractivity contribution in [2.24, 2.45) is 17.8 Å². The monoisotopic (exact) mass is 256 g/mol. The van der Waals surface area contributed by atoms with Crippen molar-refractivity contribution in [1.82, 2.24) is 4.98 Å². The highest BCUT2D eigenvalue weighted by Gasteiger charge is 2.47. The first-order chi connectivity index (χ1) is 9.26. The molecule has 2 saturated carbocycles. The van der Waals surface area contributed by atoms with E-state index in [4.69, 9.17) is 5.11 Å². The van der Waals surface area contributed by atoms with E-state index < -0.39 is 0 Å². The molecule has 4 heteroatoms. The fourth-order valence-electron chi connectivity index (χ4n) is 2.86. The molecule has 1 aromatic rings. The minimum Gasteiger partial charge on any atom is -0.384 e. The summed E-state index contributed by atoms with van der Waals surface area (Å²) >= 11 is 0. The Bertz CT molecular complexity index is 549. The van der Waals surface area contributed by atoms with Gasteiger partial charge in [-0.1, -0.05) is 12.0 Å². The Hall–Kier alpha value is -1.86. The summed E-state index contributed by atoms with van der Waals surface area (Å²) in [5.41, 5.74) is 0.557. The highest BCUT2D eigenvalue weighted by atomic mass is 16.2. The fraction of sp³-hybridized carbons (Fsp3) is 0.467. The molecule has 4 nitrogen and oxygen atoms in total. The molecule has 2 aliphatic rings. The fourth-order valence-corrected chi connectivity index (χ4v) is 2.86. The third kappa shape index (κ3) is 2.77. The van der Waals surface area contributed by atoms with Gasteiger partial charge in [0.15, 0.2) is 0 Å². The van der Waals surface area contributed by atoms with Crippen LogP contribution in [0.25, 0.3) is 0 Å². The Labute approximate surface area is 112 Å². The molecule has 0 saturated heterocycles. The van der Waals surface area contributed by atoms with Gasteiger partial charge in [0.25, 0.3) is 0 Å². The molecule has 19 heavy (non-hydrogen) atoms. The first-order valence-electron chi connectivity index (χ1n) is 6.64. The number of aliphatic hydroxyl groups excluding tert-OH is 1. The van der Waals surface area contributed by atoms with Crippen LogP contribution in [0.1, 0.15) is 25.0 Å². The minimum absolute atomic E-state index is 0.0759. The molecule has 2 unspecified atom stereocenters. The van der Waals surface area contributed by atoms with Gasteiger partial charge in [-0.25, -0.2) is 4.98 Å². The summed E-state index contributed by atoms with van der Waals surface area (Å²) < 4.78 is 0. The molecule has 1 aromatic heterocycles. The zero-order chi connectivity index (χ0) is 13.2. The van der Waals surface area contributed by atoms with Crippen LogP contribution < -0.4 is 5.32 Å². The van der Waals surface area contributed by atoms with Crippen LogP contribution in [-0.2, 0) is 4.79 Å². The van der Waals surface area contributed by atoms with Gasteiger partial charge in [0.05, 0.1) is 0 Å². The lowest BCUT2D eigenvalue weighted by Crippen LogP contribution is -2.22. The Morgan fingerprint density at radius 3 is 2.89 bits per heavy atom. The maximum atomic E-state index is 12.1. The smallest absolute Gasteiger partial charge is 0.228 e. The molecule has 0 aliphatic heterocycles. The molecule has 98 valence electrons. The highest BCUT2D eigenvalue weighted by molar-refractivity contribution is 5.92. The lowest BCUT2D eigenvalue weighted by atomic mass is 10.0. The quantitative estimate of drug-likeness (QED) is 0.786. The zero-order valence-corrected chi connectivity index (χ0v) is 10.6. The number of carbonyl (C=O) groups excluding carboxylic acids is 1. The van der Waals surface area contributed by atoms with Crippen LogP contribution in [0.3, 0.4) is 0 Å². The minimum atomic E-state index is -0.191. The van der Waals surface area contributed by atoms with E-state index in [0.717, 1.165) is 24.7 Å². The molecule has 3 rings (SSSR count). The number of carbonyl (C=O) groups is 1. The lowest BCUT2D eigenvalue weighted by Gasteiger charge is -2.11. The zero-order valence-electron chi connectivity index (χ0n) is 10.6. The normalized spacial score (nSPS) is 27.1. The third-order valence-corrected chi connectivity index (χ3v) is 3.91. The molecular weight excluding hydrogens is 240 g/mol. The number of fused-ring (bicyclic) bond motifs is 1. The number of nitrogens with one attached hydrogen (secondary N) is 1. The molecular formula is C15H16N2O2. The van der Waals surface area contributed by atoms with Gasteiger partial charge in [-0.3, -0.25) is 4.79 Å². The number of hydrogen-bond donors (Lipinski definition) is 2. The van der Waals surface area contributed by atoms with Crippen molar-refractivity contribution < 1.29 is 9.90 Å². The van der Waals surface area contributed by atoms with E-state index in [-0.39, 0.29) is 18.4 Å². The number of pyridine rings is 1. The first kappa shape index (κ1) is 12.2. The molecule has 1 amide bonds. The van der Waals surface area contributed by atoms with E-state index in [1.165, 1.54) is 6.42 Å². The number of nitrogens with zero attached hydrogens (tertiary/aromatic N) is 1. The van der Waals surface area contributed by atoms with Crippen molar-refractivity contribution >= 4 is 11.7 Å². The number of aliphatic hydroxyl groups is 1. The van der Waals surface area contributed by atoms with E-state index in [1.54, 1.807) is 18.2 Å². The van der Waals surface area contributed by atoms with Crippen LogP contribution in [0.5, 0.6) is 0 Å². The molecule has 1 heterocycles. The molecule has 2 aliphatic carbocycles. The van der Waals surface area contributed by atoms with Gasteiger partial charge < -0.3 is 10.4 Å². The van der Waals surface area contributed by atoms with E-state index in [1.807, 2.05) is 0 Å². The van der Waals surface area contributed by atoms with Crippen LogP contribution in [0.2, 0.25) is 0 Å². The molecule has 0 spiro atoms. The van der Waals surface area contributed by atoms with Crippen LogP contribution >= 0.6 is 0 Å². The summed E-state index contributed by atoms with van der Waals surface area (Å²) in [5.74, 6) is 7.63. The molecule has 0 radical (unpaired) electrons. The van der Waals surface area contributed by atoms with E-state index >= 15 is 0 Å². The second-order valence-corrected chi connectivity index (χ2v) is 5.28. The van der Waals surface area contributed by atoms with Crippen molar-refractivity contribution in [2.45, 2.75) is 19.3 Å². The van der Waals surface area contributed by atoms with Crippen LogP contribution in [0, 0.1) is 29.6 Å². The Morgan fingerprint density at radius 2 is 2.16 bits per heavy atom. The van der Waals surface area contributed by atoms with Crippen molar-refractivity contribution in [1.29, 1.82) is 0 Å². The standard InChI is InChI=1S/C15H16N2O2/c18-6-2-4-13-3-1-5-14(16-13)17-15(19)12-8-10-7-11(10)9-12/h1,3,5,10-12,18H,6-9H2,(H,16,17,19). The van der Waals surface area contributed by atoms with Gasteiger partial charge in [0, 0.05) is 5.92 Å². The summed E-state index contributed by atoms with van der Waals surface area (Å²) in [4.78, 5) is 16.3. The van der Waals surface area contributed by atoms with Crippen molar-refractivity contribution in [2.75, 3.05) is 11.9 Å². The predicted octanol–water partition coefficient (Wildman–Crippen LogP) is 1.41. The van der Waals surface area contributed by atoms with Gasteiger partial charge in [0.2, 0.25) is 5.91 Å². The molecule has 2 atom stereocenters. The van der Waals surface area contributed by atoms with E-state index in [2.05, 4.69) is 22.1 Å². The first-order valence-corrected chi connectivity index (χ1v) is 6.64. The Kier molecular flexibility index (Phi) is 3.22. The second-order valence-electron chi connectivity index (χ2n) is 5.28. The van der Waals surface area contributed by atoms with Gasteiger partial charge >= 0.3 is 0 Å². The average Bonchev–Trinajstić information content (AvgIpc) is 3.03. The van der Waals surface area contributed by atoms with Gasteiger partial charge in [0.1, 0.15) is 18.1 Å². The Morgan fingerprint density at radius 1 is 1.37 bits per heavy atom. The SMILES string of the molecule is O=C(Nc1cccc(C#CCO)n1)C1CC2CC2C1. The third-order valence-electron chi connectivity index (χ3n) is 3.91. The van der Waals surface area contributed by atoms with E-state index in [9.17, 15) is 4.79 Å². The number of aromatic nitrogens is 1. The summed E-state index contributed by atoms with van der Waals surface area (Å²) in [6, 6.07) is 5.32. The average molecular weight is 256 g/mol. The van der Waals surface area contributed by atoms with Crippen LogP contribution in [0.4, 0.5) is 5.82 Å². The number of anilines is 1. The van der Waals surface area contributed by atoms with Gasteiger partial charge in [-0.05, 0) is 49.2 Å². The summed E-state index contributed by atoms with van der Waals surface area (Å²) in [6.07, 6.45) is 3.37. The lowest BCUT2D eigenvalue weighted by molar-refractivity contribution is -0.120. The molecule has 0 aromatic carbocycles. The van der Waals surface area contributed by atoms with Crippen molar-refractivity contribution in [3.63, 3.8) is 0 Å². The number of amides is 1. The predicted molar refractivity (Wildman–Crippen MR) is 71.2 cm³/mol. The molecule has 2 N–H and O–H groups in total. The number of rotatable bonds is 2. The molecule has 0 bridgehead atoms. The second kappa shape index (κ2) is 5.02. The highest BCUT2D eigenvalue weighted by Crippen LogP contribution is 2.54.